The molecule has 0 aliphatic rings. The maximum absolute atomic E-state index is 12.6. The summed E-state index contributed by atoms with van der Waals surface area (Å²) in [6.07, 6.45) is 0. The highest BCUT2D eigenvalue weighted by Gasteiger charge is 2.36. The number of sulfone groups is 1. The van der Waals surface area contributed by atoms with Crippen molar-refractivity contribution in [3.63, 3.8) is 0 Å². The molecule has 0 bridgehead atoms. The smallest absolute Gasteiger partial charge is 0.262 e. The molecule has 2 N–H and O–H groups in total. The molecule has 1 unspecified atom stereocenters. The van der Waals surface area contributed by atoms with Crippen molar-refractivity contribution in [3.05, 3.63) is 42.5 Å². The van der Waals surface area contributed by atoms with Gasteiger partial charge in [-0.3, -0.25) is 10.0 Å². The number of hydroxylamine groups is 1. The van der Waals surface area contributed by atoms with Crippen LogP contribution in [0.5, 0.6) is 0 Å². The number of hydrogen-bond acceptors (Lipinski definition) is 4. The maximum Gasteiger partial charge on any atom is 0.262 e. The molecule has 21 heavy (non-hydrogen) atoms. The molecule has 0 aromatic heterocycles. The number of carbonyl (C=O) groups excluding carboxylic acids is 1. The molecule has 0 heterocycles. The van der Waals surface area contributed by atoms with E-state index in [1.807, 2.05) is 24.3 Å². The Hall–Kier alpha value is -1.92. The molecule has 0 saturated heterocycles. The van der Waals surface area contributed by atoms with Crippen molar-refractivity contribution in [2.75, 3.05) is 0 Å². The molecule has 0 saturated carbocycles. The van der Waals surface area contributed by atoms with Gasteiger partial charge in [0.15, 0.2) is 9.84 Å². The standard InChI is InChI=1S/C15H17NO4S/c1-10(2)14(15(17)16-18)21(19,20)13-8-7-11-5-3-4-6-12(11)9-13/h3-10,14,18H,1-2H3,(H,16,17). The van der Waals surface area contributed by atoms with Crippen LogP contribution in [0.4, 0.5) is 0 Å². The van der Waals surface area contributed by atoms with Gasteiger partial charge in [0.25, 0.3) is 5.91 Å². The van der Waals surface area contributed by atoms with Gasteiger partial charge in [0, 0.05) is 0 Å². The third-order valence-corrected chi connectivity index (χ3v) is 5.70. The second-order valence-electron chi connectivity index (χ2n) is 5.19. The van der Waals surface area contributed by atoms with E-state index in [1.54, 1.807) is 26.0 Å². The lowest BCUT2D eigenvalue weighted by atomic mass is 10.1. The summed E-state index contributed by atoms with van der Waals surface area (Å²) in [4.78, 5) is 11.8. The lowest BCUT2D eigenvalue weighted by Crippen LogP contribution is -2.41. The van der Waals surface area contributed by atoms with Gasteiger partial charge < -0.3 is 0 Å². The molecule has 2 rings (SSSR count). The summed E-state index contributed by atoms with van der Waals surface area (Å²) >= 11 is 0. The summed E-state index contributed by atoms with van der Waals surface area (Å²) in [5.41, 5.74) is 1.44. The van der Waals surface area contributed by atoms with Crippen LogP contribution in [0.1, 0.15) is 13.8 Å². The van der Waals surface area contributed by atoms with Crippen LogP contribution in [-0.4, -0.2) is 24.8 Å². The van der Waals surface area contributed by atoms with E-state index in [0.29, 0.717) is 0 Å². The van der Waals surface area contributed by atoms with Gasteiger partial charge in [0.2, 0.25) is 0 Å². The van der Waals surface area contributed by atoms with Crippen LogP contribution in [0.15, 0.2) is 47.4 Å². The zero-order valence-corrected chi connectivity index (χ0v) is 12.6. The maximum atomic E-state index is 12.6. The molecule has 0 aliphatic carbocycles. The van der Waals surface area contributed by atoms with Crippen LogP contribution < -0.4 is 5.48 Å². The first-order chi connectivity index (χ1) is 9.87. The van der Waals surface area contributed by atoms with Gasteiger partial charge in [-0.1, -0.05) is 44.2 Å². The Labute approximate surface area is 123 Å². The van der Waals surface area contributed by atoms with Gasteiger partial charge in [0.1, 0.15) is 5.25 Å². The number of carbonyl (C=O) groups is 1. The van der Waals surface area contributed by atoms with E-state index in [1.165, 1.54) is 11.5 Å². The average molecular weight is 307 g/mol. The van der Waals surface area contributed by atoms with Crippen molar-refractivity contribution in [2.24, 2.45) is 5.92 Å². The third-order valence-electron chi connectivity index (χ3n) is 3.36. The topological polar surface area (TPSA) is 83.5 Å². The predicted molar refractivity (Wildman–Crippen MR) is 79.7 cm³/mol. The predicted octanol–water partition coefficient (Wildman–Crippen LogP) is 2.14. The molecule has 112 valence electrons. The van der Waals surface area contributed by atoms with Gasteiger partial charge in [-0.15, -0.1) is 0 Å². The number of rotatable bonds is 4. The first-order valence-electron chi connectivity index (χ1n) is 6.54. The van der Waals surface area contributed by atoms with Crippen LogP contribution in [0, 0.1) is 5.92 Å². The lowest BCUT2D eigenvalue weighted by Gasteiger charge is -2.19. The van der Waals surface area contributed by atoms with E-state index in [0.717, 1.165) is 10.8 Å². The third kappa shape index (κ3) is 2.91. The number of nitrogens with one attached hydrogen (secondary N) is 1. The van der Waals surface area contributed by atoms with E-state index in [-0.39, 0.29) is 4.90 Å². The first-order valence-corrected chi connectivity index (χ1v) is 8.09. The van der Waals surface area contributed by atoms with E-state index in [4.69, 9.17) is 5.21 Å². The fourth-order valence-corrected chi connectivity index (χ4v) is 4.25. The second-order valence-corrected chi connectivity index (χ2v) is 7.26. The highest BCUT2D eigenvalue weighted by atomic mass is 32.2. The zero-order valence-electron chi connectivity index (χ0n) is 11.8. The van der Waals surface area contributed by atoms with Gasteiger partial charge in [-0.25, -0.2) is 13.9 Å². The first kappa shape index (κ1) is 15.5. The molecule has 2 aromatic carbocycles. The van der Waals surface area contributed by atoms with Gasteiger partial charge >= 0.3 is 0 Å². The highest BCUT2D eigenvalue weighted by molar-refractivity contribution is 7.92. The Morgan fingerprint density at radius 2 is 1.71 bits per heavy atom. The highest BCUT2D eigenvalue weighted by Crippen LogP contribution is 2.25. The van der Waals surface area contributed by atoms with E-state index in [9.17, 15) is 13.2 Å². The molecule has 0 spiro atoms. The van der Waals surface area contributed by atoms with Crippen LogP contribution in [0.2, 0.25) is 0 Å². The Balaban J connectivity index is 2.56. The fraction of sp³-hybridized carbons (Fsp3) is 0.267. The van der Waals surface area contributed by atoms with Crippen molar-refractivity contribution >= 4 is 26.5 Å². The van der Waals surface area contributed by atoms with E-state index >= 15 is 0 Å². The summed E-state index contributed by atoms with van der Waals surface area (Å²) in [5, 5.41) is 9.15. The SMILES string of the molecule is CC(C)C(C(=O)NO)S(=O)(=O)c1ccc2ccccc2c1. The fourth-order valence-electron chi connectivity index (χ4n) is 2.36. The van der Waals surface area contributed by atoms with Gasteiger partial charge in [-0.2, -0.15) is 0 Å². The van der Waals surface area contributed by atoms with Crippen molar-refractivity contribution in [2.45, 2.75) is 24.0 Å². The minimum absolute atomic E-state index is 0.0727. The molecule has 6 heteroatoms. The summed E-state index contributed by atoms with van der Waals surface area (Å²) in [5.74, 6) is -1.38. The van der Waals surface area contributed by atoms with Crippen LogP contribution in [0.25, 0.3) is 10.8 Å². The number of hydrogen-bond donors (Lipinski definition) is 2. The summed E-state index contributed by atoms with van der Waals surface area (Å²) in [6.45, 7) is 3.25. The van der Waals surface area contributed by atoms with Gasteiger partial charge in [0.05, 0.1) is 4.90 Å². The molecule has 1 amide bonds. The monoisotopic (exact) mass is 307 g/mol. The molecule has 0 radical (unpaired) electrons. The number of fused-ring (bicyclic) bond motifs is 1. The molecule has 2 aromatic rings. The average Bonchev–Trinajstić information content (AvgIpc) is 2.45. The van der Waals surface area contributed by atoms with Crippen molar-refractivity contribution in [1.29, 1.82) is 0 Å². The molecule has 1 atom stereocenters. The van der Waals surface area contributed by atoms with Crippen molar-refractivity contribution < 1.29 is 18.4 Å². The quantitative estimate of drug-likeness (QED) is 0.669. The Morgan fingerprint density at radius 3 is 2.29 bits per heavy atom. The largest absolute Gasteiger partial charge is 0.289 e. The van der Waals surface area contributed by atoms with Crippen LogP contribution >= 0.6 is 0 Å². The Bertz CT molecular complexity index is 768. The number of amides is 1. The lowest BCUT2D eigenvalue weighted by molar-refractivity contribution is -0.129. The normalized spacial score (nSPS) is 13.3. The van der Waals surface area contributed by atoms with E-state index in [2.05, 4.69) is 0 Å². The Kier molecular flexibility index (Phi) is 4.29. The minimum Gasteiger partial charge on any atom is -0.289 e. The Morgan fingerprint density at radius 1 is 1.10 bits per heavy atom. The molecular formula is C15H17NO4S. The summed E-state index contributed by atoms with van der Waals surface area (Å²) in [7, 11) is -3.88. The molecule has 0 aliphatic heterocycles. The van der Waals surface area contributed by atoms with Crippen LogP contribution in [-0.2, 0) is 14.6 Å². The summed E-state index contributed by atoms with van der Waals surface area (Å²) < 4.78 is 25.3. The second kappa shape index (κ2) is 5.83. The number of benzene rings is 2. The zero-order chi connectivity index (χ0) is 15.6. The van der Waals surface area contributed by atoms with Crippen molar-refractivity contribution in [3.8, 4) is 0 Å². The van der Waals surface area contributed by atoms with E-state index < -0.39 is 26.9 Å². The minimum atomic E-state index is -3.88. The molecule has 0 fully saturated rings. The molecule has 5 nitrogen and oxygen atoms in total. The summed E-state index contributed by atoms with van der Waals surface area (Å²) in [6, 6.07) is 12.1. The molecular weight excluding hydrogens is 290 g/mol. The van der Waals surface area contributed by atoms with Crippen LogP contribution in [0.3, 0.4) is 0 Å². The van der Waals surface area contributed by atoms with Crippen molar-refractivity contribution in [1.82, 2.24) is 5.48 Å². The van der Waals surface area contributed by atoms with Gasteiger partial charge in [-0.05, 0) is 28.8 Å².